The van der Waals surface area contributed by atoms with Crippen LogP contribution in [0.25, 0.3) is 0 Å². The molecule has 1 aromatic carbocycles. The van der Waals surface area contributed by atoms with Crippen LogP contribution in [0.1, 0.15) is 34.6 Å². The van der Waals surface area contributed by atoms with Gasteiger partial charge in [-0.2, -0.15) is 5.10 Å². The molecule has 7 heteroatoms. The summed E-state index contributed by atoms with van der Waals surface area (Å²) in [6.07, 6.45) is 1.54. The molecule has 1 amide bonds. The van der Waals surface area contributed by atoms with Crippen LogP contribution in [0.4, 0.5) is 0 Å². The van der Waals surface area contributed by atoms with Gasteiger partial charge < -0.3 is 10.0 Å². The standard InChI is InChI=1S/C19H24N4O3/c1-14-4-3-5-16(12-14)13-21-8-10-22(11-9-21)18(24)15(2)23-7-6-17(20-23)19(25)26/h3-7,12,15H,8-11,13H2,1-2H3,(H,25,26). The Balaban J connectivity index is 1.55. The number of benzene rings is 1. The highest BCUT2D eigenvalue weighted by Crippen LogP contribution is 2.14. The molecule has 1 aliphatic rings. The molecule has 3 rings (SSSR count). The summed E-state index contributed by atoms with van der Waals surface area (Å²) in [5.74, 6) is -1.12. The maximum absolute atomic E-state index is 12.7. The first kappa shape index (κ1) is 18.1. The van der Waals surface area contributed by atoms with E-state index < -0.39 is 12.0 Å². The Kier molecular flexibility index (Phi) is 5.37. The second-order valence-electron chi connectivity index (χ2n) is 6.75. The number of carboxylic acid groups (broad SMARTS) is 1. The predicted molar refractivity (Wildman–Crippen MR) is 96.9 cm³/mol. The number of nitrogens with zero attached hydrogens (tertiary/aromatic N) is 4. The second-order valence-corrected chi connectivity index (χ2v) is 6.75. The van der Waals surface area contributed by atoms with Crippen LogP contribution in [0.2, 0.25) is 0 Å². The van der Waals surface area contributed by atoms with Crippen molar-refractivity contribution in [1.29, 1.82) is 0 Å². The van der Waals surface area contributed by atoms with Crippen LogP contribution in [0.3, 0.4) is 0 Å². The van der Waals surface area contributed by atoms with Gasteiger partial charge in [-0.1, -0.05) is 29.8 Å². The topological polar surface area (TPSA) is 78.7 Å². The smallest absolute Gasteiger partial charge is 0.356 e. The van der Waals surface area contributed by atoms with Gasteiger partial charge in [0, 0.05) is 38.9 Å². The van der Waals surface area contributed by atoms with Crippen molar-refractivity contribution in [3.63, 3.8) is 0 Å². The number of piperazine rings is 1. The Morgan fingerprint density at radius 3 is 2.54 bits per heavy atom. The minimum absolute atomic E-state index is 0.0276. The quantitative estimate of drug-likeness (QED) is 0.884. The Bertz CT molecular complexity index is 794. The van der Waals surface area contributed by atoms with Crippen molar-refractivity contribution in [1.82, 2.24) is 19.6 Å². The number of hydrogen-bond acceptors (Lipinski definition) is 4. The van der Waals surface area contributed by atoms with Gasteiger partial charge in [-0.15, -0.1) is 0 Å². The van der Waals surface area contributed by atoms with E-state index in [-0.39, 0.29) is 11.6 Å². The summed E-state index contributed by atoms with van der Waals surface area (Å²) in [7, 11) is 0. The first-order chi connectivity index (χ1) is 12.4. The zero-order valence-corrected chi connectivity index (χ0v) is 15.1. The molecule has 1 aromatic heterocycles. The average molecular weight is 356 g/mol. The van der Waals surface area contributed by atoms with Crippen LogP contribution in [-0.4, -0.2) is 62.7 Å². The van der Waals surface area contributed by atoms with Crippen molar-refractivity contribution in [3.05, 3.63) is 53.3 Å². The average Bonchev–Trinajstić information content (AvgIpc) is 3.12. The summed E-state index contributed by atoms with van der Waals surface area (Å²) in [6, 6.07) is 9.38. The number of carboxylic acids is 1. The Labute approximate surface area is 152 Å². The van der Waals surface area contributed by atoms with Gasteiger partial charge in [-0.05, 0) is 25.5 Å². The van der Waals surface area contributed by atoms with Gasteiger partial charge >= 0.3 is 5.97 Å². The van der Waals surface area contributed by atoms with Crippen LogP contribution in [-0.2, 0) is 11.3 Å². The lowest BCUT2D eigenvalue weighted by Crippen LogP contribution is -2.50. The lowest BCUT2D eigenvalue weighted by atomic mass is 10.1. The fraction of sp³-hybridized carbons (Fsp3) is 0.421. The first-order valence-electron chi connectivity index (χ1n) is 8.79. The molecule has 0 spiro atoms. The maximum atomic E-state index is 12.7. The summed E-state index contributed by atoms with van der Waals surface area (Å²) in [5, 5.41) is 12.9. The molecule has 0 saturated carbocycles. The highest BCUT2D eigenvalue weighted by Gasteiger charge is 2.26. The molecule has 2 heterocycles. The largest absolute Gasteiger partial charge is 0.476 e. The van der Waals surface area contributed by atoms with E-state index in [2.05, 4.69) is 41.2 Å². The van der Waals surface area contributed by atoms with Crippen molar-refractivity contribution in [2.75, 3.05) is 26.2 Å². The van der Waals surface area contributed by atoms with E-state index in [1.165, 1.54) is 21.9 Å². The van der Waals surface area contributed by atoms with E-state index in [1.54, 1.807) is 13.1 Å². The highest BCUT2D eigenvalue weighted by molar-refractivity contribution is 5.85. The maximum Gasteiger partial charge on any atom is 0.356 e. The first-order valence-corrected chi connectivity index (χ1v) is 8.79. The van der Waals surface area contributed by atoms with Crippen molar-refractivity contribution >= 4 is 11.9 Å². The molecule has 1 fully saturated rings. The Hall–Kier alpha value is -2.67. The second kappa shape index (κ2) is 7.70. The van der Waals surface area contributed by atoms with Crippen molar-refractivity contribution < 1.29 is 14.7 Å². The third-order valence-electron chi connectivity index (χ3n) is 4.75. The number of carbonyl (C=O) groups is 2. The molecule has 0 aliphatic carbocycles. The van der Waals surface area contributed by atoms with E-state index in [4.69, 9.17) is 5.11 Å². The molecule has 26 heavy (non-hydrogen) atoms. The van der Waals surface area contributed by atoms with Gasteiger partial charge in [0.25, 0.3) is 0 Å². The summed E-state index contributed by atoms with van der Waals surface area (Å²) < 4.78 is 1.42. The van der Waals surface area contributed by atoms with Gasteiger partial charge in [-0.25, -0.2) is 4.79 Å². The van der Waals surface area contributed by atoms with E-state index in [9.17, 15) is 9.59 Å². The van der Waals surface area contributed by atoms with Crippen molar-refractivity contribution in [2.45, 2.75) is 26.4 Å². The summed E-state index contributed by atoms with van der Waals surface area (Å²) in [6.45, 7) is 7.72. The molecule has 1 unspecified atom stereocenters. The number of aromatic nitrogens is 2. The number of hydrogen-bond donors (Lipinski definition) is 1. The van der Waals surface area contributed by atoms with Gasteiger partial charge in [0.15, 0.2) is 5.69 Å². The predicted octanol–water partition coefficient (Wildman–Crippen LogP) is 1.80. The molecule has 1 N–H and O–H groups in total. The highest BCUT2D eigenvalue weighted by atomic mass is 16.4. The van der Waals surface area contributed by atoms with Crippen molar-refractivity contribution in [2.24, 2.45) is 0 Å². The van der Waals surface area contributed by atoms with Crippen molar-refractivity contribution in [3.8, 4) is 0 Å². The summed E-state index contributed by atoms with van der Waals surface area (Å²) in [4.78, 5) is 27.8. The summed E-state index contributed by atoms with van der Waals surface area (Å²) in [5.41, 5.74) is 2.49. The van der Waals surface area contributed by atoms with Gasteiger partial charge in [-0.3, -0.25) is 14.4 Å². The third-order valence-corrected chi connectivity index (χ3v) is 4.75. The number of carbonyl (C=O) groups excluding carboxylic acids is 1. The van der Waals surface area contributed by atoms with Gasteiger partial charge in [0.1, 0.15) is 6.04 Å². The zero-order chi connectivity index (χ0) is 18.7. The molecule has 1 aliphatic heterocycles. The van der Waals surface area contributed by atoms with E-state index >= 15 is 0 Å². The Morgan fingerprint density at radius 1 is 1.19 bits per heavy atom. The van der Waals surface area contributed by atoms with Crippen LogP contribution >= 0.6 is 0 Å². The van der Waals surface area contributed by atoms with Crippen LogP contribution < -0.4 is 0 Å². The fourth-order valence-corrected chi connectivity index (χ4v) is 3.24. The van der Waals surface area contributed by atoms with E-state index in [1.807, 2.05) is 4.90 Å². The van der Waals surface area contributed by atoms with Gasteiger partial charge in [0.2, 0.25) is 5.91 Å². The monoisotopic (exact) mass is 356 g/mol. The lowest BCUT2D eigenvalue weighted by Gasteiger charge is -2.36. The zero-order valence-electron chi connectivity index (χ0n) is 15.1. The number of amides is 1. The van der Waals surface area contributed by atoms with Crippen LogP contribution in [0.5, 0.6) is 0 Å². The lowest BCUT2D eigenvalue weighted by molar-refractivity contribution is -0.136. The van der Waals surface area contributed by atoms with E-state index in [0.29, 0.717) is 13.1 Å². The minimum atomic E-state index is -1.09. The molecule has 138 valence electrons. The minimum Gasteiger partial charge on any atom is -0.476 e. The normalized spacial score (nSPS) is 16.5. The Morgan fingerprint density at radius 2 is 1.92 bits per heavy atom. The molecule has 7 nitrogen and oxygen atoms in total. The van der Waals surface area contributed by atoms with E-state index in [0.717, 1.165) is 19.6 Å². The molecular weight excluding hydrogens is 332 g/mol. The van der Waals surface area contributed by atoms with Crippen LogP contribution in [0, 0.1) is 6.92 Å². The summed E-state index contributed by atoms with van der Waals surface area (Å²) >= 11 is 0. The molecule has 1 atom stereocenters. The van der Waals surface area contributed by atoms with Gasteiger partial charge in [0.05, 0.1) is 0 Å². The third kappa shape index (κ3) is 4.11. The number of rotatable bonds is 5. The fourth-order valence-electron chi connectivity index (χ4n) is 3.24. The molecule has 1 saturated heterocycles. The molecule has 0 bridgehead atoms. The number of aromatic carboxylic acids is 1. The SMILES string of the molecule is Cc1cccc(CN2CCN(C(=O)C(C)n3ccc(C(=O)O)n3)CC2)c1. The van der Waals surface area contributed by atoms with Crippen LogP contribution in [0.15, 0.2) is 36.5 Å². The molecule has 0 radical (unpaired) electrons. The molecular formula is C19H24N4O3. The molecule has 2 aromatic rings. The number of aryl methyl sites for hydroxylation is 1.